The van der Waals surface area contributed by atoms with E-state index in [0.717, 1.165) is 0 Å². The summed E-state index contributed by atoms with van der Waals surface area (Å²) in [5.41, 5.74) is 0.350. The van der Waals surface area contributed by atoms with E-state index in [9.17, 15) is 13.2 Å². The molecule has 29 heavy (non-hydrogen) atoms. The SMILES string of the molecule is Cc1noc(C)c1S(=O)(=O)N1CCC(C(=O)NCCOc2ccc(Cl)cc2)CC1. The number of hydrogen-bond donors (Lipinski definition) is 1. The highest BCUT2D eigenvalue weighted by Gasteiger charge is 2.35. The van der Waals surface area contributed by atoms with Crippen molar-refractivity contribution >= 4 is 27.5 Å². The van der Waals surface area contributed by atoms with E-state index in [1.165, 1.54) is 4.31 Å². The number of carbonyl (C=O) groups excluding carboxylic acids is 1. The Balaban J connectivity index is 1.45. The minimum atomic E-state index is -3.67. The van der Waals surface area contributed by atoms with Gasteiger partial charge in [-0.1, -0.05) is 16.8 Å². The first-order valence-electron chi connectivity index (χ1n) is 9.38. The summed E-state index contributed by atoms with van der Waals surface area (Å²) in [5.74, 6) is 0.658. The van der Waals surface area contributed by atoms with E-state index in [-0.39, 0.29) is 35.6 Å². The van der Waals surface area contributed by atoms with Crippen molar-refractivity contribution in [1.82, 2.24) is 14.8 Å². The molecule has 1 aromatic heterocycles. The lowest BCUT2D eigenvalue weighted by Gasteiger charge is -2.30. The van der Waals surface area contributed by atoms with Crippen LogP contribution in [-0.2, 0) is 14.8 Å². The molecule has 0 aliphatic carbocycles. The number of halogens is 1. The maximum Gasteiger partial charge on any atom is 0.248 e. The minimum Gasteiger partial charge on any atom is -0.492 e. The quantitative estimate of drug-likeness (QED) is 0.662. The number of nitrogens with zero attached hydrogens (tertiary/aromatic N) is 2. The topological polar surface area (TPSA) is 102 Å². The Morgan fingerprint density at radius 3 is 2.52 bits per heavy atom. The lowest BCUT2D eigenvalue weighted by atomic mass is 9.97. The molecule has 8 nitrogen and oxygen atoms in total. The molecule has 0 atom stereocenters. The number of piperidine rings is 1. The number of hydrogen-bond acceptors (Lipinski definition) is 6. The van der Waals surface area contributed by atoms with E-state index < -0.39 is 10.0 Å². The van der Waals surface area contributed by atoms with Gasteiger partial charge in [0.15, 0.2) is 5.76 Å². The Bertz CT molecular complexity index is 931. The number of aryl methyl sites for hydroxylation is 2. The molecule has 2 heterocycles. The lowest BCUT2D eigenvalue weighted by molar-refractivity contribution is -0.126. The third-order valence-electron chi connectivity index (χ3n) is 4.87. The molecule has 3 rings (SSSR count). The van der Waals surface area contributed by atoms with Gasteiger partial charge in [-0.3, -0.25) is 4.79 Å². The maximum absolute atomic E-state index is 12.8. The molecule has 0 spiro atoms. The van der Waals surface area contributed by atoms with Crippen LogP contribution in [0.4, 0.5) is 0 Å². The van der Waals surface area contributed by atoms with Crippen molar-refractivity contribution in [3.8, 4) is 5.75 Å². The molecule has 1 N–H and O–H groups in total. The molecule has 158 valence electrons. The highest BCUT2D eigenvalue weighted by Crippen LogP contribution is 2.27. The largest absolute Gasteiger partial charge is 0.492 e. The number of sulfonamides is 1. The highest BCUT2D eigenvalue weighted by molar-refractivity contribution is 7.89. The van der Waals surface area contributed by atoms with Crippen molar-refractivity contribution in [1.29, 1.82) is 0 Å². The normalized spacial score (nSPS) is 16.0. The molecule has 1 aromatic carbocycles. The number of amides is 1. The second kappa shape index (κ2) is 9.15. The van der Waals surface area contributed by atoms with Gasteiger partial charge in [-0.05, 0) is 51.0 Å². The summed E-state index contributed by atoms with van der Waals surface area (Å²) in [4.78, 5) is 12.5. The second-order valence-corrected chi connectivity index (χ2v) is 9.24. The fourth-order valence-corrected chi connectivity index (χ4v) is 5.24. The summed E-state index contributed by atoms with van der Waals surface area (Å²) in [6.45, 7) is 4.47. The van der Waals surface area contributed by atoms with Crippen LogP contribution in [0, 0.1) is 19.8 Å². The van der Waals surface area contributed by atoms with Crippen molar-refractivity contribution in [2.45, 2.75) is 31.6 Å². The number of rotatable bonds is 7. The van der Waals surface area contributed by atoms with Crippen molar-refractivity contribution < 1.29 is 22.5 Å². The molecular formula is C19H24ClN3O5S. The predicted molar refractivity (Wildman–Crippen MR) is 107 cm³/mol. The van der Waals surface area contributed by atoms with E-state index in [4.69, 9.17) is 20.9 Å². The summed E-state index contributed by atoms with van der Waals surface area (Å²) in [5, 5.41) is 7.21. The van der Waals surface area contributed by atoms with Crippen LogP contribution in [0.25, 0.3) is 0 Å². The molecule has 1 aliphatic rings. The van der Waals surface area contributed by atoms with Gasteiger partial charge in [0.25, 0.3) is 0 Å². The van der Waals surface area contributed by atoms with Crippen LogP contribution in [0.2, 0.25) is 5.02 Å². The third kappa shape index (κ3) is 5.09. The standard InChI is InChI=1S/C19H24ClN3O5S/c1-13-18(14(2)28-22-13)29(25,26)23-10-7-15(8-11-23)19(24)21-9-12-27-17-5-3-16(20)4-6-17/h3-6,15H,7-12H2,1-2H3,(H,21,24). The summed E-state index contributed by atoms with van der Waals surface area (Å²) < 4.78 is 37.6. The first-order chi connectivity index (χ1) is 13.8. The average Bonchev–Trinajstić information content (AvgIpc) is 3.05. The molecule has 1 amide bonds. The Morgan fingerprint density at radius 1 is 1.28 bits per heavy atom. The third-order valence-corrected chi connectivity index (χ3v) is 7.27. The highest BCUT2D eigenvalue weighted by atomic mass is 35.5. The molecule has 10 heteroatoms. The summed E-state index contributed by atoms with van der Waals surface area (Å²) >= 11 is 5.82. The second-order valence-electron chi connectivity index (χ2n) is 6.93. The van der Waals surface area contributed by atoms with Gasteiger partial charge in [0.05, 0.1) is 6.54 Å². The van der Waals surface area contributed by atoms with Crippen LogP contribution in [0.3, 0.4) is 0 Å². The fourth-order valence-electron chi connectivity index (χ4n) is 3.35. The average molecular weight is 442 g/mol. The minimum absolute atomic E-state index is 0.0842. The van der Waals surface area contributed by atoms with Gasteiger partial charge in [-0.25, -0.2) is 8.42 Å². The van der Waals surface area contributed by atoms with Gasteiger partial charge in [-0.15, -0.1) is 0 Å². The molecular weight excluding hydrogens is 418 g/mol. The number of benzene rings is 1. The van der Waals surface area contributed by atoms with Gasteiger partial charge in [-0.2, -0.15) is 4.31 Å². The molecule has 0 radical (unpaired) electrons. The van der Waals surface area contributed by atoms with E-state index in [1.54, 1.807) is 38.1 Å². The summed E-state index contributed by atoms with van der Waals surface area (Å²) in [6.07, 6.45) is 0.930. The van der Waals surface area contributed by atoms with Gasteiger partial charge in [0.1, 0.15) is 22.9 Å². The molecule has 0 unspecified atom stereocenters. The molecule has 1 saturated heterocycles. The smallest absolute Gasteiger partial charge is 0.248 e. The van der Waals surface area contributed by atoms with Gasteiger partial charge in [0, 0.05) is 24.0 Å². The first kappa shape index (κ1) is 21.6. The molecule has 0 saturated carbocycles. The number of ether oxygens (including phenoxy) is 1. The Labute approximate surface area is 175 Å². The number of carbonyl (C=O) groups is 1. The number of aromatic nitrogens is 1. The predicted octanol–water partition coefficient (Wildman–Crippen LogP) is 2.54. The molecule has 2 aromatic rings. The zero-order chi connectivity index (χ0) is 21.0. The van der Waals surface area contributed by atoms with Crippen molar-refractivity contribution in [3.05, 3.63) is 40.7 Å². The van der Waals surface area contributed by atoms with Gasteiger partial charge in [0.2, 0.25) is 15.9 Å². The molecule has 0 bridgehead atoms. The van der Waals surface area contributed by atoms with Crippen molar-refractivity contribution in [2.75, 3.05) is 26.2 Å². The monoisotopic (exact) mass is 441 g/mol. The van der Waals surface area contributed by atoms with E-state index >= 15 is 0 Å². The summed E-state index contributed by atoms with van der Waals surface area (Å²) in [6, 6.07) is 7.00. The van der Waals surface area contributed by atoms with Gasteiger partial charge < -0.3 is 14.6 Å². The van der Waals surface area contributed by atoms with Crippen LogP contribution < -0.4 is 10.1 Å². The molecule has 1 fully saturated rings. The number of nitrogens with one attached hydrogen (secondary N) is 1. The zero-order valence-electron chi connectivity index (χ0n) is 16.4. The van der Waals surface area contributed by atoms with Gasteiger partial charge >= 0.3 is 0 Å². The molecule has 1 aliphatic heterocycles. The lowest BCUT2D eigenvalue weighted by Crippen LogP contribution is -2.43. The van der Waals surface area contributed by atoms with Crippen LogP contribution >= 0.6 is 11.6 Å². The zero-order valence-corrected chi connectivity index (χ0v) is 17.9. The Hall–Kier alpha value is -2.10. The van der Waals surface area contributed by atoms with E-state index in [0.29, 0.717) is 42.5 Å². The summed E-state index contributed by atoms with van der Waals surface area (Å²) in [7, 11) is -3.67. The van der Waals surface area contributed by atoms with E-state index in [1.807, 2.05) is 0 Å². The van der Waals surface area contributed by atoms with Crippen LogP contribution in [0.5, 0.6) is 5.75 Å². The Kier molecular flexibility index (Phi) is 6.81. The van der Waals surface area contributed by atoms with Crippen molar-refractivity contribution in [2.24, 2.45) is 5.92 Å². The van der Waals surface area contributed by atoms with Crippen molar-refractivity contribution in [3.63, 3.8) is 0 Å². The van der Waals surface area contributed by atoms with Crippen LogP contribution in [0.1, 0.15) is 24.3 Å². The fraction of sp³-hybridized carbons (Fsp3) is 0.474. The maximum atomic E-state index is 12.8. The van der Waals surface area contributed by atoms with Crippen LogP contribution in [0.15, 0.2) is 33.7 Å². The Morgan fingerprint density at radius 2 is 1.93 bits per heavy atom. The van der Waals surface area contributed by atoms with E-state index in [2.05, 4.69) is 10.5 Å². The first-order valence-corrected chi connectivity index (χ1v) is 11.2. The van der Waals surface area contributed by atoms with Crippen LogP contribution in [-0.4, -0.2) is 50.0 Å².